The highest BCUT2D eigenvalue weighted by Gasteiger charge is 2.31. The molecule has 1 aromatic carbocycles. The molecule has 2 N–H and O–H groups in total. The normalized spacial score (nSPS) is 19.7. The van der Waals surface area contributed by atoms with Gasteiger partial charge < -0.3 is 10.4 Å². The minimum absolute atomic E-state index is 0.0261. The van der Waals surface area contributed by atoms with Crippen LogP contribution in [0.1, 0.15) is 58.4 Å². The molecule has 0 aliphatic heterocycles. The maximum absolute atomic E-state index is 12.6. The van der Waals surface area contributed by atoms with E-state index in [4.69, 9.17) is 0 Å². The zero-order chi connectivity index (χ0) is 15.1. The summed E-state index contributed by atoms with van der Waals surface area (Å²) < 4.78 is 0. The monoisotopic (exact) mass is 294 g/mol. The molecule has 0 spiro atoms. The second kappa shape index (κ2) is 5.13. The second-order valence-corrected chi connectivity index (χ2v) is 6.12. The quantitative estimate of drug-likeness (QED) is 0.914. The Labute approximate surface area is 129 Å². The van der Waals surface area contributed by atoms with Crippen molar-refractivity contribution >= 4 is 5.91 Å². The first kappa shape index (κ1) is 13.3. The molecule has 4 nitrogen and oxygen atoms in total. The summed E-state index contributed by atoms with van der Waals surface area (Å²) in [6.45, 7) is 0. The van der Waals surface area contributed by atoms with E-state index >= 15 is 0 Å². The zero-order valence-corrected chi connectivity index (χ0v) is 12.2. The number of phenols is 1. The van der Waals surface area contributed by atoms with Crippen molar-refractivity contribution in [3.63, 3.8) is 0 Å². The van der Waals surface area contributed by atoms with Crippen LogP contribution < -0.4 is 5.32 Å². The van der Waals surface area contributed by atoms with Crippen LogP contribution in [0.5, 0.6) is 5.75 Å². The average molecular weight is 294 g/mol. The van der Waals surface area contributed by atoms with E-state index in [1.165, 1.54) is 0 Å². The molecule has 1 amide bonds. The number of fused-ring (bicyclic) bond motifs is 1. The van der Waals surface area contributed by atoms with E-state index in [0.717, 1.165) is 42.5 Å². The van der Waals surface area contributed by atoms with Gasteiger partial charge in [0.05, 0.1) is 17.3 Å². The van der Waals surface area contributed by atoms with Gasteiger partial charge in [-0.25, -0.2) is 0 Å². The number of benzene rings is 1. The van der Waals surface area contributed by atoms with Gasteiger partial charge in [0.2, 0.25) is 0 Å². The highest BCUT2D eigenvalue weighted by atomic mass is 16.3. The Balaban J connectivity index is 1.58. The summed E-state index contributed by atoms with van der Waals surface area (Å²) in [5, 5.41) is 13.0. The van der Waals surface area contributed by atoms with E-state index < -0.39 is 0 Å². The Morgan fingerprint density at radius 1 is 1.18 bits per heavy atom. The molecule has 1 saturated carbocycles. The molecule has 0 saturated heterocycles. The fourth-order valence-corrected chi connectivity index (χ4v) is 3.31. The Morgan fingerprint density at radius 3 is 2.86 bits per heavy atom. The summed E-state index contributed by atoms with van der Waals surface area (Å²) in [6, 6.07) is 9.16. The molecule has 0 radical (unpaired) electrons. The van der Waals surface area contributed by atoms with Crippen molar-refractivity contribution in [2.45, 2.75) is 37.6 Å². The fraction of sp³-hybridized carbons (Fsp3) is 0.333. The Hall–Kier alpha value is -2.36. The van der Waals surface area contributed by atoms with E-state index in [1.54, 1.807) is 12.3 Å². The number of hydrogen-bond acceptors (Lipinski definition) is 3. The Bertz CT molecular complexity index is 738. The fourth-order valence-electron chi connectivity index (χ4n) is 3.31. The van der Waals surface area contributed by atoms with Crippen LogP contribution in [0.25, 0.3) is 0 Å². The van der Waals surface area contributed by atoms with Gasteiger partial charge in [-0.05, 0) is 55.0 Å². The maximum Gasteiger partial charge on any atom is 0.253 e. The van der Waals surface area contributed by atoms with Gasteiger partial charge in [-0.15, -0.1) is 0 Å². The van der Waals surface area contributed by atoms with Gasteiger partial charge in [0.25, 0.3) is 5.91 Å². The lowest BCUT2D eigenvalue weighted by Gasteiger charge is -2.15. The largest absolute Gasteiger partial charge is 0.508 e. The summed E-state index contributed by atoms with van der Waals surface area (Å²) in [5.41, 5.74) is 3.61. The Kier molecular flexibility index (Phi) is 3.10. The summed E-state index contributed by atoms with van der Waals surface area (Å²) in [5.74, 6) is 0.715. The van der Waals surface area contributed by atoms with Crippen LogP contribution in [-0.2, 0) is 6.42 Å². The van der Waals surface area contributed by atoms with Crippen molar-refractivity contribution in [3.05, 3.63) is 58.9 Å². The number of aromatic nitrogens is 1. The third kappa shape index (κ3) is 2.25. The highest BCUT2D eigenvalue weighted by Crippen LogP contribution is 2.41. The van der Waals surface area contributed by atoms with Crippen molar-refractivity contribution in [2.24, 2.45) is 0 Å². The third-order valence-corrected chi connectivity index (χ3v) is 4.60. The van der Waals surface area contributed by atoms with Crippen LogP contribution in [-0.4, -0.2) is 16.0 Å². The van der Waals surface area contributed by atoms with E-state index in [2.05, 4.69) is 10.3 Å². The summed E-state index contributed by atoms with van der Waals surface area (Å²) in [7, 11) is 0. The SMILES string of the molecule is O=C(N[C@H]1CCc2c(O)cccc21)c1cccnc1C1CC1. The first-order chi connectivity index (χ1) is 10.7. The van der Waals surface area contributed by atoms with E-state index in [9.17, 15) is 9.90 Å². The van der Waals surface area contributed by atoms with Gasteiger partial charge in [0.15, 0.2) is 0 Å². The molecule has 1 heterocycles. The highest BCUT2D eigenvalue weighted by molar-refractivity contribution is 5.95. The minimum atomic E-state index is -0.0591. The predicted octanol–water partition coefficient (Wildman–Crippen LogP) is 3.08. The molecule has 22 heavy (non-hydrogen) atoms. The van der Waals surface area contributed by atoms with Crippen LogP contribution in [0, 0.1) is 0 Å². The van der Waals surface area contributed by atoms with Crippen LogP contribution in [0.15, 0.2) is 36.5 Å². The first-order valence-corrected chi connectivity index (χ1v) is 7.80. The molecule has 2 aromatic rings. The number of aromatic hydroxyl groups is 1. The van der Waals surface area contributed by atoms with E-state index in [-0.39, 0.29) is 11.9 Å². The number of pyridine rings is 1. The van der Waals surface area contributed by atoms with Gasteiger partial charge in [0, 0.05) is 12.1 Å². The molecule has 2 aliphatic rings. The third-order valence-electron chi connectivity index (χ3n) is 4.60. The molecule has 1 fully saturated rings. The molecule has 2 aliphatic carbocycles. The van der Waals surface area contributed by atoms with Crippen LogP contribution in [0.2, 0.25) is 0 Å². The van der Waals surface area contributed by atoms with Gasteiger partial charge >= 0.3 is 0 Å². The number of carbonyl (C=O) groups is 1. The summed E-state index contributed by atoms with van der Waals surface area (Å²) >= 11 is 0. The smallest absolute Gasteiger partial charge is 0.253 e. The number of carbonyl (C=O) groups excluding carboxylic acids is 1. The van der Waals surface area contributed by atoms with Crippen LogP contribution in [0.3, 0.4) is 0 Å². The number of amides is 1. The number of phenolic OH excluding ortho intramolecular Hbond substituents is 1. The molecule has 1 aromatic heterocycles. The summed E-state index contributed by atoms with van der Waals surface area (Å²) in [4.78, 5) is 17.0. The van der Waals surface area contributed by atoms with Crippen molar-refractivity contribution in [2.75, 3.05) is 0 Å². The lowest BCUT2D eigenvalue weighted by Crippen LogP contribution is -2.28. The van der Waals surface area contributed by atoms with Gasteiger partial charge in [-0.3, -0.25) is 9.78 Å². The van der Waals surface area contributed by atoms with Gasteiger partial charge in [0.1, 0.15) is 5.75 Å². The number of nitrogens with one attached hydrogen (secondary N) is 1. The topological polar surface area (TPSA) is 62.2 Å². The first-order valence-electron chi connectivity index (χ1n) is 7.80. The molecule has 1 atom stereocenters. The zero-order valence-electron chi connectivity index (χ0n) is 12.2. The second-order valence-electron chi connectivity index (χ2n) is 6.12. The molecular formula is C18H18N2O2. The number of rotatable bonds is 3. The van der Waals surface area contributed by atoms with Crippen molar-refractivity contribution in [1.29, 1.82) is 0 Å². The standard InChI is InChI=1S/C18H18N2O2/c21-16-5-1-3-12-13(16)8-9-15(12)20-18(22)14-4-2-10-19-17(14)11-6-7-11/h1-5,10-11,15,21H,6-9H2,(H,20,22)/t15-/m0/s1. The van der Waals surface area contributed by atoms with Gasteiger partial charge in [-0.2, -0.15) is 0 Å². The molecule has 4 rings (SSSR count). The van der Waals surface area contributed by atoms with Crippen molar-refractivity contribution in [3.8, 4) is 5.75 Å². The Morgan fingerprint density at radius 2 is 2.05 bits per heavy atom. The molecular weight excluding hydrogens is 276 g/mol. The molecule has 0 bridgehead atoms. The lowest BCUT2D eigenvalue weighted by molar-refractivity contribution is 0.0935. The summed E-state index contributed by atoms with van der Waals surface area (Å²) in [6.07, 6.45) is 5.63. The van der Waals surface area contributed by atoms with Crippen molar-refractivity contribution in [1.82, 2.24) is 10.3 Å². The number of hydrogen-bond donors (Lipinski definition) is 2. The van der Waals surface area contributed by atoms with Gasteiger partial charge in [-0.1, -0.05) is 12.1 Å². The average Bonchev–Trinajstić information content (AvgIpc) is 3.30. The maximum atomic E-state index is 12.6. The van der Waals surface area contributed by atoms with E-state index in [1.807, 2.05) is 24.3 Å². The number of nitrogens with zero attached hydrogens (tertiary/aromatic N) is 1. The molecule has 4 heteroatoms. The van der Waals surface area contributed by atoms with E-state index in [0.29, 0.717) is 17.2 Å². The van der Waals surface area contributed by atoms with Crippen LogP contribution in [0.4, 0.5) is 0 Å². The predicted molar refractivity (Wildman–Crippen MR) is 82.8 cm³/mol. The van der Waals surface area contributed by atoms with Crippen molar-refractivity contribution < 1.29 is 9.90 Å². The molecule has 0 unspecified atom stereocenters. The molecule has 112 valence electrons. The van der Waals surface area contributed by atoms with Crippen LogP contribution >= 0.6 is 0 Å². The lowest BCUT2D eigenvalue weighted by atomic mass is 10.1. The minimum Gasteiger partial charge on any atom is -0.508 e.